The molecule has 0 fully saturated rings. The molecule has 0 saturated heterocycles. The van der Waals surface area contributed by atoms with E-state index in [0.717, 1.165) is 114 Å². The van der Waals surface area contributed by atoms with Crippen molar-refractivity contribution in [2.75, 3.05) is 39.6 Å². The third-order valence-corrected chi connectivity index (χ3v) is 20.5. The lowest BCUT2D eigenvalue weighted by Gasteiger charge is -2.21. The fourth-order valence-corrected chi connectivity index (χ4v) is 13.8. The smallest absolute Gasteiger partial charge is 0.462 e. The number of carbonyl (C=O) groups excluding carboxylic acids is 4. The number of esters is 4. The molecule has 0 aliphatic carbocycles. The van der Waals surface area contributed by atoms with Gasteiger partial charge in [-0.15, -0.1) is 0 Å². The molecule has 0 aromatic heterocycles. The molecule has 0 amide bonds. The number of carbonyl (C=O) groups is 4. The van der Waals surface area contributed by atoms with Crippen molar-refractivity contribution in [2.24, 2.45) is 23.7 Å². The lowest BCUT2D eigenvalue weighted by molar-refractivity contribution is -0.161. The fourth-order valence-electron chi connectivity index (χ4n) is 12.3. The van der Waals surface area contributed by atoms with Gasteiger partial charge in [0, 0.05) is 25.7 Å². The molecule has 0 aliphatic heterocycles. The molecule has 0 aromatic carbocycles. The maximum Gasteiger partial charge on any atom is 0.472 e. The normalized spacial score (nSPS) is 14.1. The Balaban J connectivity index is 5.22. The molecule has 0 spiro atoms. The van der Waals surface area contributed by atoms with Crippen molar-refractivity contribution in [1.82, 2.24) is 0 Å². The Morgan fingerprint density at radius 2 is 0.424 bits per heavy atom. The van der Waals surface area contributed by atoms with E-state index in [0.29, 0.717) is 31.6 Å². The Morgan fingerprint density at radius 1 is 0.253 bits per heavy atom. The quantitative estimate of drug-likeness (QED) is 0.0222. The highest BCUT2D eigenvalue weighted by Gasteiger charge is 2.30. The van der Waals surface area contributed by atoms with Gasteiger partial charge in [-0.3, -0.25) is 37.3 Å². The number of phosphoric acid groups is 2. The average molecular weight is 1450 g/mol. The van der Waals surface area contributed by atoms with Gasteiger partial charge in [0.15, 0.2) is 12.2 Å². The first-order chi connectivity index (χ1) is 47.6. The summed E-state index contributed by atoms with van der Waals surface area (Å²) in [6.45, 7) is 14.2. The van der Waals surface area contributed by atoms with Crippen molar-refractivity contribution in [1.29, 1.82) is 0 Å². The van der Waals surface area contributed by atoms with Crippen LogP contribution < -0.4 is 0 Å². The first-order valence-corrected chi connectivity index (χ1v) is 44.2. The van der Waals surface area contributed by atoms with Gasteiger partial charge >= 0.3 is 39.5 Å². The van der Waals surface area contributed by atoms with E-state index in [9.17, 15) is 43.2 Å². The predicted molar refractivity (Wildman–Crippen MR) is 404 cm³/mol. The maximum atomic E-state index is 13.1. The zero-order chi connectivity index (χ0) is 73.1. The van der Waals surface area contributed by atoms with Crippen molar-refractivity contribution in [2.45, 2.75) is 427 Å². The summed E-state index contributed by atoms with van der Waals surface area (Å²) in [4.78, 5) is 72.9. The molecule has 0 bridgehead atoms. The SMILES string of the molecule is CC(C)CCCCCCCCCCCCCCCCCCCCC(=O)O[C@H](COC(=O)CCCCCCCCCCCCCCCC(C)C)COP(=O)(O)OCC(O)COP(=O)(O)OC[C@@H](COC(=O)CCCCCCCCCC(C)C)OC(=O)CCCCCCCCCCCC(C)C. The molecular weight excluding hydrogens is 1290 g/mol. The van der Waals surface area contributed by atoms with Gasteiger partial charge in [-0.25, -0.2) is 9.13 Å². The standard InChI is InChI=1S/C80H156O17P2/c1-70(2)56-48-40-32-25-20-16-13-11-9-10-12-14-18-23-29-37-46-54-62-79(84)96-75(66-90-77(82)60-52-44-36-28-22-19-15-17-21-26-33-41-49-57-71(3)4)68-94-98(86,87)92-64-74(81)65-93-99(88,89)95-69-76(67-91-78(83)61-53-45-39-31-35-43-51-59-73(7)8)97-80(85)63-55-47-38-30-24-27-34-42-50-58-72(5)6/h70-76,81H,9-69H2,1-8H3,(H,86,87)(H,88,89)/t74?,75-,76-/m1/s1. The topological polar surface area (TPSA) is 237 Å². The molecule has 588 valence electrons. The van der Waals surface area contributed by atoms with E-state index >= 15 is 0 Å². The molecule has 0 rings (SSSR count). The average Bonchev–Trinajstić information content (AvgIpc) is 1.02. The van der Waals surface area contributed by atoms with Gasteiger partial charge in [0.05, 0.1) is 26.4 Å². The molecule has 3 unspecified atom stereocenters. The van der Waals surface area contributed by atoms with Gasteiger partial charge in [0.25, 0.3) is 0 Å². The highest BCUT2D eigenvalue weighted by atomic mass is 31.2. The Kier molecular flexibility index (Phi) is 67.8. The summed E-state index contributed by atoms with van der Waals surface area (Å²) in [5.74, 6) is 0.936. The summed E-state index contributed by atoms with van der Waals surface area (Å²) in [5.41, 5.74) is 0. The molecule has 0 heterocycles. The molecule has 3 N–H and O–H groups in total. The van der Waals surface area contributed by atoms with Crippen molar-refractivity contribution in [3.05, 3.63) is 0 Å². The number of unbranched alkanes of at least 4 members (excludes halogenated alkanes) is 43. The van der Waals surface area contributed by atoms with E-state index in [1.807, 2.05) is 0 Å². The molecule has 0 saturated carbocycles. The number of phosphoric ester groups is 2. The zero-order valence-corrected chi connectivity index (χ0v) is 66.9. The Bertz CT molecular complexity index is 1940. The first kappa shape index (κ1) is 97.1. The van der Waals surface area contributed by atoms with Gasteiger partial charge in [0.1, 0.15) is 19.3 Å². The molecule has 0 aliphatic rings. The third-order valence-electron chi connectivity index (χ3n) is 18.6. The molecule has 5 atom stereocenters. The fraction of sp³-hybridized carbons (Fsp3) is 0.950. The Labute approximate surface area is 607 Å². The highest BCUT2D eigenvalue weighted by Crippen LogP contribution is 2.45. The van der Waals surface area contributed by atoms with E-state index in [2.05, 4.69) is 55.4 Å². The minimum atomic E-state index is -4.96. The minimum Gasteiger partial charge on any atom is -0.462 e. The van der Waals surface area contributed by atoms with Crippen LogP contribution in [0.15, 0.2) is 0 Å². The van der Waals surface area contributed by atoms with Crippen LogP contribution in [0.4, 0.5) is 0 Å². The lowest BCUT2D eigenvalue weighted by atomic mass is 10.0. The van der Waals surface area contributed by atoms with Gasteiger partial charge in [-0.05, 0) is 49.4 Å². The summed E-state index contributed by atoms with van der Waals surface area (Å²) >= 11 is 0. The van der Waals surface area contributed by atoms with Gasteiger partial charge in [-0.2, -0.15) is 0 Å². The number of hydrogen-bond acceptors (Lipinski definition) is 15. The molecule has 17 nitrogen and oxygen atoms in total. The third kappa shape index (κ3) is 74.1. The van der Waals surface area contributed by atoms with Crippen LogP contribution >= 0.6 is 15.6 Å². The number of hydrogen-bond donors (Lipinski definition) is 3. The molecular formula is C80H156O17P2. The minimum absolute atomic E-state index is 0.104. The summed E-state index contributed by atoms with van der Waals surface area (Å²) in [5, 5.41) is 10.6. The van der Waals surface area contributed by atoms with Crippen LogP contribution in [0.2, 0.25) is 0 Å². The number of rotatable bonds is 77. The highest BCUT2D eigenvalue weighted by molar-refractivity contribution is 7.47. The second-order valence-electron chi connectivity index (χ2n) is 30.7. The lowest BCUT2D eigenvalue weighted by Crippen LogP contribution is -2.30. The molecule has 19 heteroatoms. The van der Waals surface area contributed by atoms with E-state index in [4.69, 9.17) is 37.0 Å². The maximum absolute atomic E-state index is 13.1. The van der Waals surface area contributed by atoms with Crippen LogP contribution in [0, 0.1) is 23.7 Å². The molecule has 0 aromatic rings. The second kappa shape index (κ2) is 69.1. The summed E-state index contributed by atoms with van der Waals surface area (Å²) < 4.78 is 68.6. The van der Waals surface area contributed by atoms with Crippen molar-refractivity contribution >= 4 is 39.5 Å². The summed E-state index contributed by atoms with van der Waals surface area (Å²) in [6.07, 6.45) is 55.7. The monoisotopic (exact) mass is 1450 g/mol. The van der Waals surface area contributed by atoms with Crippen LogP contribution in [0.1, 0.15) is 409 Å². The van der Waals surface area contributed by atoms with Gasteiger partial charge < -0.3 is 33.8 Å². The summed E-state index contributed by atoms with van der Waals surface area (Å²) in [7, 11) is -9.92. The van der Waals surface area contributed by atoms with E-state index in [1.165, 1.54) is 205 Å². The van der Waals surface area contributed by atoms with E-state index < -0.39 is 97.5 Å². The number of ether oxygens (including phenoxy) is 4. The van der Waals surface area contributed by atoms with E-state index in [1.54, 1.807) is 0 Å². The largest absolute Gasteiger partial charge is 0.472 e. The zero-order valence-electron chi connectivity index (χ0n) is 65.1. The Hall–Kier alpha value is -1.94. The second-order valence-corrected chi connectivity index (χ2v) is 33.6. The molecule has 99 heavy (non-hydrogen) atoms. The van der Waals surface area contributed by atoms with Gasteiger partial charge in [-0.1, -0.05) is 357 Å². The van der Waals surface area contributed by atoms with Crippen molar-refractivity contribution < 1.29 is 80.2 Å². The van der Waals surface area contributed by atoms with Crippen molar-refractivity contribution in [3.63, 3.8) is 0 Å². The summed E-state index contributed by atoms with van der Waals surface area (Å²) in [6, 6.07) is 0. The van der Waals surface area contributed by atoms with Gasteiger partial charge in [0.2, 0.25) is 0 Å². The van der Waals surface area contributed by atoms with Crippen LogP contribution in [0.3, 0.4) is 0 Å². The number of aliphatic hydroxyl groups excluding tert-OH is 1. The van der Waals surface area contributed by atoms with Crippen LogP contribution in [-0.4, -0.2) is 96.7 Å². The van der Waals surface area contributed by atoms with Crippen LogP contribution in [-0.2, 0) is 65.4 Å². The number of aliphatic hydroxyl groups is 1. The first-order valence-electron chi connectivity index (χ1n) is 41.2. The molecule has 0 radical (unpaired) electrons. The van der Waals surface area contributed by atoms with E-state index in [-0.39, 0.29) is 25.7 Å². The van der Waals surface area contributed by atoms with Crippen LogP contribution in [0.25, 0.3) is 0 Å². The van der Waals surface area contributed by atoms with Crippen LogP contribution in [0.5, 0.6) is 0 Å². The Morgan fingerprint density at radius 3 is 0.626 bits per heavy atom. The predicted octanol–water partition coefficient (Wildman–Crippen LogP) is 23.6. The van der Waals surface area contributed by atoms with Crippen molar-refractivity contribution in [3.8, 4) is 0 Å².